The second-order valence-corrected chi connectivity index (χ2v) is 24.8. The Morgan fingerprint density at radius 1 is 0.373 bits per heavy atom. The van der Waals surface area contributed by atoms with Crippen molar-refractivity contribution in [3.05, 3.63) is 85.1 Å². The van der Waals surface area contributed by atoms with Crippen LogP contribution in [-0.2, 0) is 32.7 Å². The van der Waals surface area contributed by atoms with E-state index in [0.717, 1.165) is 83.5 Å². The van der Waals surface area contributed by atoms with E-state index in [0.29, 0.717) is 6.42 Å². The van der Waals surface area contributed by atoms with E-state index in [-0.39, 0.29) is 38.6 Å². The van der Waals surface area contributed by atoms with Crippen LogP contribution in [0.15, 0.2) is 85.1 Å². The van der Waals surface area contributed by atoms with Crippen molar-refractivity contribution in [1.29, 1.82) is 0 Å². The number of allylic oxidation sites excluding steroid dienone is 14. The van der Waals surface area contributed by atoms with Crippen LogP contribution >= 0.6 is 7.82 Å². The largest absolute Gasteiger partial charge is 0.472 e. The number of esters is 2. The zero-order valence-corrected chi connectivity index (χ0v) is 55.1. The van der Waals surface area contributed by atoms with Gasteiger partial charge in [0.05, 0.1) is 13.2 Å². The van der Waals surface area contributed by atoms with E-state index in [9.17, 15) is 19.0 Å². The van der Waals surface area contributed by atoms with Crippen LogP contribution in [0.1, 0.15) is 335 Å². The summed E-state index contributed by atoms with van der Waals surface area (Å²) in [6.45, 7) is 3.65. The Morgan fingerprint density at radius 2 is 0.663 bits per heavy atom. The summed E-state index contributed by atoms with van der Waals surface area (Å²) in [6, 6.07) is 0. The highest BCUT2D eigenvalue weighted by molar-refractivity contribution is 7.47. The number of carbonyl (C=O) groups is 2. The molecule has 0 spiro atoms. The molecule has 83 heavy (non-hydrogen) atoms. The highest BCUT2D eigenvalue weighted by Crippen LogP contribution is 2.43. The van der Waals surface area contributed by atoms with Crippen molar-refractivity contribution in [3.63, 3.8) is 0 Å². The van der Waals surface area contributed by atoms with Crippen LogP contribution in [0, 0.1) is 0 Å². The molecular formula is C73H132NO8P. The molecule has 10 heteroatoms. The summed E-state index contributed by atoms with van der Waals surface area (Å²) >= 11 is 0. The van der Waals surface area contributed by atoms with Crippen LogP contribution in [0.3, 0.4) is 0 Å². The topological polar surface area (TPSA) is 134 Å². The summed E-state index contributed by atoms with van der Waals surface area (Å²) in [5, 5.41) is 0. The zero-order chi connectivity index (χ0) is 60.1. The standard InChI is InChI=1S/C73H132NO8P/c1-3-5-7-9-11-13-15-17-19-21-23-25-27-28-29-30-31-32-33-34-35-36-37-38-39-40-41-42-44-45-47-49-51-53-55-57-59-61-63-65-72(75)79-69-71(70-81-83(77,78)80-68-67-74)82-73(76)66-64-62-60-58-56-54-52-50-48-46-43-26-24-22-20-18-16-14-12-10-8-6-4-2/h6,8,12,14-15,17-18,20-21,23-24,26-28,71H,3-5,7,9-11,13,16,19,22,25,29-70,74H2,1-2H3,(H,77,78)/b8-6-,14-12-,17-15-,20-18-,23-21-,26-24-,28-27-. The van der Waals surface area contributed by atoms with Gasteiger partial charge in [0.15, 0.2) is 6.10 Å². The Hall–Kier alpha value is -2.81. The van der Waals surface area contributed by atoms with E-state index in [1.165, 1.54) is 218 Å². The van der Waals surface area contributed by atoms with Gasteiger partial charge >= 0.3 is 19.8 Å². The van der Waals surface area contributed by atoms with Crippen molar-refractivity contribution in [2.24, 2.45) is 5.73 Å². The van der Waals surface area contributed by atoms with Gasteiger partial charge in [-0.15, -0.1) is 0 Å². The number of phosphoric ester groups is 1. The Bertz CT molecular complexity index is 1640. The third-order valence-electron chi connectivity index (χ3n) is 15.3. The first kappa shape index (κ1) is 80.2. The van der Waals surface area contributed by atoms with Crippen molar-refractivity contribution < 1.29 is 37.6 Å². The quantitative estimate of drug-likeness (QED) is 0.0264. The summed E-state index contributed by atoms with van der Waals surface area (Å²) in [6.07, 6.45) is 91.2. The fourth-order valence-electron chi connectivity index (χ4n) is 10.1. The molecule has 0 saturated carbocycles. The molecule has 2 atom stereocenters. The predicted octanol–water partition coefficient (Wildman–Crippen LogP) is 23.0. The molecule has 2 unspecified atom stereocenters. The van der Waals surface area contributed by atoms with Crippen molar-refractivity contribution in [2.45, 2.75) is 341 Å². The Balaban J connectivity index is 3.80. The molecule has 0 aromatic heterocycles. The molecule has 0 aliphatic rings. The molecule has 482 valence electrons. The molecule has 0 saturated heterocycles. The predicted molar refractivity (Wildman–Crippen MR) is 358 cm³/mol. The molecule has 0 amide bonds. The van der Waals surface area contributed by atoms with Gasteiger partial charge in [-0.05, 0) is 89.9 Å². The smallest absolute Gasteiger partial charge is 0.462 e. The molecule has 0 aromatic carbocycles. The normalized spacial score (nSPS) is 13.4. The maximum atomic E-state index is 12.7. The molecule has 3 N–H and O–H groups in total. The lowest BCUT2D eigenvalue weighted by atomic mass is 10.0. The minimum absolute atomic E-state index is 0.0512. The lowest BCUT2D eigenvalue weighted by Gasteiger charge is -2.19. The molecule has 0 radical (unpaired) electrons. The molecule has 0 aliphatic heterocycles. The average molecular weight is 1180 g/mol. The van der Waals surface area contributed by atoms with Gasteiger partial charge in [0.25, 0.3) is 0 Å². The molecule has 0 fully saturated rings. The third kappa shape index (κ3) is 68.2. The summed E-state index contributed by atoms with van der Waals surface area (Å²) < 4.78 is 33.2. The Morgan fingerprint density at radius 3 is 0.988 bits per heavy atom. The molecule has 0 bridgehead atoms. The SMILES string of the molecule is CC/C=C\C/C=C\C/C=C\C/C=C\CCCCCCCCCCCCC(=O)OC(COC(=O)CCCCCCCCCCCCCCCCCCCCCCCCCC/C=C\C/C=C\C/C=C\CCCCCCC)COP(=O)(O)OCCN. The van der Waals surface area contributed by atoms with Gasteiger partial charge in [0.1, 0.15) is 6.61 Å². The number of hydrogen-bond acceptors (Lipinski definition) is 8. The summed E-state index contributed by atoms with van der Waals surface area (Å²) in [5.74, 6) is -0.821. The summed E-state index contributed by atoms with van der Waals surface area (Å²) in [5.41, 5.74) is 5.40. The van der Waals surface area contributed by atoms with E-state index < -0.39 is 26.5 Å². The first-order chi connectivity index (χ1) is 40.8. The fraction of sp³-hybridized carbons (Fsp3) is 0.781. The van der Waals surface area contributed by atoms with Crippen molar-refractivity contribution in [1.82, 2.24) is 0 Å². The van der Waals surface area contributed by atoms with Gasteiger partial charge in [0.2, 0.25) is 0 Å². The second-order valence-electron chi connectivity index (χ2n) is 23.4. The van der Waals surface area contributed by atoms with Crippen LogP contribution in [-0.4, -0.2) is 49.3 Å². The number of phosphoric acid groups is 1. The Labute approximate surface area is 513 Å². The fourth-order valence-corrected chi connectivity index (χ4v) is 10.9. The summed E-state index contributed by atoms with van der Waals surface area (Å²) in [7, 11) is -4.40. The molecule has 0 aliphatic carbocycles. The van der Waals surface area contributed by atoms with E-state index in [4.69, 9.17) is 24.3 Å². The maximum Gasteiger partial charge on any atom is 0.472 e. The molecular weight excluding hydrogens is 1050 g/mol. The number of unbranched alkanes of at least 4 members (excludes halogenated alkanes) is 39. The van der Waals surface area contributed by atoms with Gasteiger partial charge in [-0.2, -0.15) is 0 Å². The molecule has 9 nitrogen and oxygen atoms in total. The summed E-state index contributed by atoms with van der Waals surface area (Å²) in [4.78, 5) is 35.3. The highest BCUT2D eigenvalue weighted by Gasteiger charge is 2.26. The molecule has 0 heterocycles. The Kier molecular flexibility index (Phi) is 66.0. The second kappa shape index (κ2) is 68.3. The van der Waals surface area contributed by atoms with Gasteiger partial charge in [0, 0.05) is 19.4 Å². The van der Waals surface area contributed by atoms with Gasteiger partial charge in [-0.25, -0.2) is 4.57 Å². The van der Waals surface area contributed by atoms with Crippen LogP contribution in [0.2, 0.25) is 0 Å². The monoisotopic (exact) mass is 1180 g/mol. The van der Waals surface area contributed by atoms with Crippen LogP contribution in [0.5, 0.6) is 0 Å². The van der Waals surface area contributed by atoms with E-state index >= 15 is 0 Å². The minimum Gasteiger partial charge on any atom is -0.462 e. The molecule has 0 aromatic rings. The van der Waals surface area contributed by atoms with Crippen molar-refractivity contribution in [2.75, 3.05) is 26.4 Å². The zero-order valence-electron chi connectivity index (χ0n) is 54.2. The van der Waals surface area contributed by atoms with Crippen LogP contribution in [0.25, 0.3) is 0 Å². The van der Waals surface area contributed by atoms with Crippen LogP contribution < -0.4 is 5.73 Å². The van der Waals surface area contributed by atoms with Crippen LogP contribution in [0.4, 0.5) is 0 Å². The number of ether oxygens (including phenoxy) is 2. The van der Waals surface area contributed by atoms with Gasteiger partial charge in [-0.3, -0.25) is 18.6 Å². The number of carbonyl (C=O) groups excluding carboxylic acids is 2. The average Bonchev–Trinajstić information content (AvgIpc) is 3.48. The highest BCUT2D eigenvalue weighted by atomic mass is 31.2. The molecule has 0 rings (SSSR count). The van der Waals surface area contributed by atoms with Gasteiger partial charge < -0.3 is 20.1 Å². The van der Waals surface area contributed by atoms with Gasteiger partial charge in [-0.1, -0.05) is 317 Å². The number of hydrogen-bond donors (Lipinski definition) is 2. The number of rotatable bonds is 66. The third-order valence-corrected chi connectivity index (χ3v) is 16.2. The van der Waals surface area contributed by atoms with E-state index in [2.05, 4.69) is 98.9 Å². The van der Waals surface area contributed by atoms with Crippen molar-refractivity contribution in [3.8, 4) is 0 Å². The first-order valence-corrected chi connectivity index (χ1v) is 36.6. The maximum absolute atomic E-state index is 12.7. The minimum atomic E-state index is -4.40. The number of nitrogens with two attached hydrogens (primary N) is 1. The van der Waals surface area contributed by atoms with Crippen molar-refractivity contribution >= 4 is 19.8 Å². The lowest BCUT2D eigenvalue weighted by molar-refractivity contribution is -0.161. The lowest BCUT2D eigenvalue weighted by Crippen LogP contribution is -2.29. The van der Waals surface area contributed by atoms with E-state index in [1.807, 2.05) is 0 Å². The van der Waals surface area contributed by atoms with E-state index in [1.54, 1.807) is 0 Å². The first-order valence-electron chi connectivity index (χ1n) is 35.1.